The van der Waals surface area contributed by atoms with Crippen LogP contribution in [0.2, 0.25) is 0 Å². The summed E-state index contributed by atoms with van der Waals surface area (Å²) in [7, 11) is 0. The van der Waals surface area contributed by atoms with Gasteiger partial charge >= 0.3 is 0 Å². The molecule has 2 N–H and O–H groups in total. The van der Waals surface area contributed by atoms with E-state index in [4.69, 9.17) is 0 Å². The van der Waals surface area contributed by atoms with Gasteiger partial charge in [0.1, 0.15) is 17.2 Å². The first-order valence-corrected chi connectivity index (χ1v) is 10.2. The number of imide groups is 1. The molecule has 2 saturated heterocycles. The van der Waals surface area contributed by atoms with E-state index in [0.717, 1.165) is 4.90 Å². The zero-order valence-corrected chi connectivity index (χ0v) is 17.0. The minimum absolute atomic E-state index is 0.0104. The maximum atomic E-state index is 14.1. The van der Waals surface area contributed by atoms with Crippen LogP contribution in [0.5, 0.6) is 0 Å². The van der Waals surface area contributed by atoms with Crippen molar-refractivity contribution < 1.29 is 23.2 Å². The molecule has 0 bridgehead atoms. The average molecular weight is 425 g/mol. The van der Waals surface area contributed by atoms with Crippen LogP contribution in [0.15, 0.2) is 42.5 Å². The highest BCUT2D eigenvalue weighted by atomic mass is 19.1. The molecular formula is C23H21F2N3O3. The fraction of sp³-hybridized carbons (Fsp3) is 0.348. The quantitative estimate of drug-likeness (QED) is 0.741. The van der Waals surface area contributed by atoms with Crippen LogP contribution in [0, 0.1) is 29.4 Å². The molecule has 3 aliphatic rings. The lowest BCUT2D eigenvalue weighted by molar-refractivity contribution is -0.143. The SMILES string of the molecule is CC(C)C1NC2(C(=O)Nc3ccc(F)cc32)C2C(=O)N(Cc3ccc(F)cc3)C(=O)C12. The number of carbonyl (C=O) groups excluding carboxylic acids is 3. The molecule has 2 aromatic carbocycles. The van der Waals surface area contributed by atoms with Gasteiger partial charge in [-0.1, -0.05) is 26.0 Å². The highest BCUT2D eigenvalue weighted by Gasteiger charge is 2.70. The van der Waals surface area contributed by atoms with Crippen molar-refractivity contribution in [2.45, 2.75) is 32.0 Å². The molecule has 160 valence electrons. The van der Waals surface area contributed by atoms with E-state index in [1.807, 2.05) is 13.8 Å². The number of hydrogen-bond acceptors (Lipinski definition) is 4. The average Bonchev–Trinajstić information content (AvgIpc) is 3.31. The summed E-state index contributed by atoms with van der Waals surface area (Å²) in [4.78, 5) is 41.3. The van der Waals surface area contributed by atoms with E-state index >= 15 is 0 Å². The van der Waals surface area contributed by atoms with Crippen LogP contribution in [-0.2, 0) is 26.5 Å². The Hall–Kier alpha value is -3.13. The van der Waals surface area contributed by atoms with Crippen molar-refractivity contribution in [3.63, 3.8) is 0 Å². The lowest BCUT2D eigenvalue weighted by Gasteiger charge is -2.30. The Labute approximate surface area is 177 Å². The first kappa shape index (κ1) is 19.8. The zero-order valence-electron chi connectivity index (χ0n) is 17.0. The number of likely N-dealkylation sites (tertiary alicyclic amines) is 1. The number of nitrogens with one attached hydrogen (secondary N) is 2. The summed E-state index contributed by atoms with van der Waals surface area (Å²) in [5.74, 6) is -4.06. The first-order valence-electron chi connectivity index (χ1n) is 10.2. The molecule has 3 amide bonds. The van der Waals surface area contributed by atoms with Crippen LogP contribution in [0.25, 0.3) is 0 Å². The second kappa shape index (κ2) is 6.68. The summed E-state index contributed by atoms with van der Waals surface area (Å²) in [6.07, 6.45) is 0. The zero-order chi connectivity index (χ0) is 22.1. The normalized spacial score (nSPS) is 29.1. The number of fused-ring (bicyclic) bond motifs is 4. The van der Waals surface area contributed by atoms with Gasteiger partial charge in [0.05, 0.1) is 18.4 Å². The number of rotatable bonds is 3. The van der Waals surface area contributed by atoms with Crippen molar-refractivity contribution in [2.75, 3.05) is 5.32 Å². The van der Waals surface area contributed by atoms with Crippen molar-refractivity contribution in [1.29, 1.82) is 0 Å². The summed E-state index contributed by atoms with van der Waals surface area (Å²) >= 11 is 0. The molecule has 1 spiro atoms. The van der Waals surface area contributed by atoms with Gasteiger partial charge in [-0.25, -0.2) is 8.78 Å². The number of halogens is 2. The van der Waals surface area contributed by atoms with Gasteiger partial charge in [0.15, 0.2) is 0 Å². The molecule has 3 heterocycles. The van der Waals surface area contributed by atoms with Crippen molar-refractivity contribution in [2.24, 2.45) is 17.8 Å². The van der Waals surface area contributed by atoms with E-state index in [1.54, 1.807) is 0 Å². The molecule has 3 aliphatic heterocycles. The molecule has 0 aromatic heterocycles. The molecule has 0 aliphatic carbocycles. The van der Waals surface area contributed by atoms with Crippen molar-refractivity contribution in [3.05, 3.63) is 65.2 Å². The molecule has 8 heteroatoms. The number of hydrogen-bond donors (Lipinski definition) is 2. The van der Waals surface area contributed by atoms with Gasteiger partial charge in [-0.3, -0.25) is 24.6 Å². The van der Waals surface area contributed by atoms with Gasteiger partial charge in [-0.05, 0) is 41.8 Å². The maximum Gasteiger partial charge on any atom is 0.250 e. The highest BCUT2D eigenvalue weighted by molar-refractivity contribution is 6.15. The number of amides is 3. The minimum Gasteiger partial charge on any atom is -0.324 e. The van der Waals surface area contributed by atoms with Crippen molar-refractivity contribution in [1.82, 2.24) is 10.2 Å². The van der Waals surface area contributed by atoms with E-state index in [2.05, 4.69) is 10.6 Å². The summed E-state index contributed by atoms with van der Waals surface area (Å²) in [5.41, 5.74) is -0.130. The standard InChI is InChI=1S/C23H21F2N3O3/c1-11(2)19-17-18(21(30)28(20(17)29)10-12-3-5-13(24)6-4-12)23(27-19)15-9-14(25)7-8-16(15)26-22(23)31/h3-9,11,17-19,27H,10H2,1-2H3,(H,26,31). The van der Waals surface area contributed by atoms with Crippen LogP contribution in [0.1, 0.15) is 25.0 Å². The third-order valence-electron chi connectivity index (χ3n) is 6.68. The molecule has 4 unspecified atom stereocenters. The summed E-state index contributed by atoms with van der Waals surface area (Å²) in [5, 5.41) is 6.00. The van der Waals surface area contributed by atoms with Gasteiger partial charge < -0.3 is 5.32 Å². The van der Waals surface area contributed by atoms with Crippen LogP contribution in [0.4, 0.5) is 14.5 Å². The molecule has 2 fully saturated rings. The molecule has 6 nitrogen and oxygen atoms in total. The fourth-order valence-electron chi connectivity index (χ4n) is 5.27. The Morgan fingerprint density at radius 2 is 1.68 bits per heavy atom. The number of nitrogens with zero attached hydrogens (tertiary/aromatic N) is 1. The Bertz CT molecular complexity index is 1120. The smallest absolute Gasteiger partial charge is 0.250 e. The van der Waals surface area contributed by atoms with Crippen molar-refractivity contribution in [3.8, 4) is 0 Å². The molecule has 5 rings (SSSR count). The van der Waals surface area contributed by atoms with E-state index in [1.165, 1.54) is 42.5 Å². The van der Waals surface area contributed by atoms with E-state index in [9.17, 15) is 23.2 Å². The predicted molar refractivity (Wildman–Crippen MR) is 107 cm³/mol. The Balaban J connectivity index is 1.61. The Morgan fingerprint density at radius 1 is 1.00 bits per heavy atom. The second-order valence-electron chi connectivity index (χ2n) is 8.76. The molecule has 0 saturated carbocycles. The van der Waals surface area contributed by atoms with Crippen LogP contribution in [-0.4, -0.2) is 28.7 Å². The summed E-state index contributed by atoms with van der Waals surface area (Å²) in [6.45, 7) is 3.81. The summed E-state index contributed by atoms with van der Waals surface area (Å²) < 4.78 is 27.4. The fourth-order valence-corrected chi connectivity index (χ4v) is 5.27. The third-order valence-corrected chi connectivity index (χ3v) is 6.68. The predicted octanol–water partition coefficient (Wildman–Crippen LogP) is 2.54. The summed E-state index contributed by atoms with van der Waals surface area (Å²) in [6, 6.07) is 9.09. The van der Waals surface area contributed by atoms with Gasteiger partial charge in [0.25, 0.3) is 0 Å². The molecule has 31 heavy (non-hydrogen) atoms. The highest BCUT2D eigenvalue weighted by Crippen LogP contribution is 2.54. The van der Waals surface area contributed by atoms with Gasteiger partial charge in [-0.15, -0.1) is 0 Å². The number of benzene rings is 2. The molecule has 0 radical (unpaired) electrons. The van der Waals surface area contributed by atoms with E-state index < -0.39 is 46.9 Å². The third kappa shape index (κ3) is 2.67. The molecule has 4 atom stereocenters. The Morgan fingerprint density at radius 3 is 2.35 bits per heavy atom. The van der Waals surface area contributed by atoms with Gasteiger partial charge in [0, 0.05) is 17.3 Å². The lowest BCUT2D eigenvalue weighted by Crippen LogP contribution is -2.53. The van der Waals surface area contributed by atoms with Crippen LogP contribution >= 0.6 is 0 Å². The van der Waals surface area contributed by atoms with Crippen LogP contribution < -0.4 is 10.6 Å². The van der Waals surface area contributed by atoms with Crippen LogP contribution in [0.3, 0.4) is 0 Å². The van der Waals surface area contributed by atoms with E-state index in [-0.39, 0.29) is 18.4 Å². The van der Waals surface area contributed by atoms with Crippen molar-refractivity contribution >= 4 is 23.4 Å². The second-order valence-corrected chi connectivity index (χ2v) is 8.76. The largest absolute Gasteiger partial charge is 0.324 e. The lowest BCUT2D eigenvalue weighted by atomic mass is 9.76. The van der Waals surface area contributed by atoms with E-state index in [0.29, 0.717) is 16.8 Å². The van der Waals surface area contributed by atoms with Gasteiger partial charge in [-0.2, -0.15) is 0 Å². The first-order chi connectivity index (χ1) is 14.7. The number of anilines is 1. The maximum absolute atomic E-state index is 14.1. The topological polar surface area (TPSA) is 78.5 Å². The molecular weight excluding hydrogens is 404 g/mol. The van der Waals surface area contributed by atoms with Gasteiger partial charge in [0.2, 0.25) is 17.7 Å². The Kier molecular flexibility index (Phi) is 4.27. The molecule has 2 aromatic rings. The monoisotopic (exact) mass is 425 g/mol. The number of carbonyl (C=O) groups is 3. The minimum atomic E-state index is -1.51.